The number of fused-ring (bicyclic) bond motifs is 1. The fourth-order valence-corrected chi connectivity index (χ4v) is 2.64. The Kier molecular flexibility index (Phi) is 3.02. The maximum atomic E-state index is 12.2. The van der Waals surface area contributed by atoms with Crippen molar-refractivity contribution < 1.29 is 14.4 Å². The van der Waals surface area contributed by atoms with Crippen LogP contribution in [0.3, 0.4) is 0 Å². The van der Waals surface area contributed by atoms with Crippen molar-refractivity contribution in [2.45, 2.75) is 6.92 Å². The Balaban J connectivity index is 1.79. The first-order valence-electron chi connectivity index (χ1n) is 6.57. The highest BCUT2D eigenvalue weighted by atomic mass is 16.2. The zero-order valence-corrected chi connectivity index (χ0v) is 11.0. The highest BCUT2D eigenvalue weighted by molar-refractivity contribution is 6.22. The lowest BCUT2D eigenvalue weighted by atomic mass is 9.97. The summed E-state index contributed by atoms with van der Waals surface area (Å²) in [5.74, 6) is -0.659. The second-order valence-electron chi connectivity index (χ2n) is 5.27. The molecule has 2 heterocycles. The van der Waals surface area contributed by atoms with Crippen LogP contribution in [0.25, 0.3) is 0 Å². The number of nitrogens with one attached hydrogen (secondary N) is 3. The summed E-state index contributed by atoms with van der Waals surface area (Å²) in [4.78, 5) is 35.2. The maximum absolute atomic E-state index is 12.2. The zero-order chi connectivity index (χ0) is 14.3. The van der Waals surface area contributed by atoms with Gasteiger partial charge >= 0.3 is 0 Å². The van der Waals surface area contributed by atoms with Crippen LogP contribution in [0.2, 0.25) is 0 Å². The molecule has 2 atom stereocenters. The summed E-state index contributed by atoms with van der Waals surface area (Å²) in [6.07, 6.45) is 0. The van der Waals surface area contributed by atoms with Gasteiger partial charge in [-0.2, -0.15) is 0 Å². The van der Waals surface area contributed by atoms with Gasteiger partial charge < -0.3 is 10.6 Å². The first kappa shape index (κ1) is 12.8. The Bertz CT molecular complexity index is 612. The number of carbonyl (C=O) groups excluding carboxylic acids is 3. The number of imide groups is 1. The van der Waals surface area contributed by atoms with Crippen LogP contribution in [-0.2, 0) is 4.79 Å². The predicted octanol–water partition coefficient (Wildman–Crippen LogP) is 0.364. The van der Waals surface area contributed by atoms with E-state index in [9.17, 15) is 14.4 Å². The van der Waals surface area contributed by atoms with Crippen LogP contribution in [-0.4, -0.2) is 30.8 Å². The fourth-order valence-electron chi connectivity index (χ4n) is 2.64. The molecular weight excluding hydrogens is 258 g/mol. The third-order valence-corrected chi connectivity index (χ3v) is 3.86. The number of hydrogen-bond acceptors (Lipinski definition) is 4. The maximum Gasteiger partial charge on any atom is 0.259 e. The van der Waals surface area contributed by atoms with E-state index in [2.05, 4.69) is 16.0 Å². The van der Waals surface area contributed by atoms with E-state index in [1.165, 1.54) is 0 Å². The van der Waals surface area contributed by atoms with Crippen molar-refractivity contribution in [2.24, 2.45) is 11.8 Å². The summed E-state index contributed by atoms with van der Waals surface area (Å²) in [5.41, 5.74) is 1.20. The Morgan fingerprint density at radius 2 is 1.95 bits per heavy atom. The van der Waals surface area contributed by atoms with Crippen LogP contribution in [0.4, 0.5) is 5.69 Å². The molecule has 20 heavy (non-hydrogen) atoms. The minimum Gasteiger partial charge on any atom is -0.326 e. The molecule has 1 fully saturated rings. The van der Waals surface area contributed by atoms with E-state index >= 15 is 0 Å². The number of amides is 3. The molecule has 6 heteroatoms. The van der Waals surface area contributed by atoms with Gasteiger partial charge in [0.15, 0.2) is 0 Å². The quantitative estimate of drug-likeness (QED) is 0.679. The molecule has 3 rings (SSSR count). The number of benzene rings is 1. The first-order valence-corrected chi connectivity index (χ1v) is 6.57. The van der Waals surface area contributed by atoms with E-state index in [4.69, 9.17) is 0 Å². The van der Waals surface area contributed by atoms with Crippen molar-refractivity contribution >= 4 is 23.4 Å². The van der Waals surface area contributed by atoms with E-state index in [-0.39, 0.29) is 17.7 Å². The van der Waals surface area contributed by atoms with Gasteiger partial charge in [-0.3, -0.25) is 19.7 Å². The molecule has 0 radical (unpaired) electrons. The minimum atomic E-state index is -0.419. The van der Waals surface area contributed by atoms with Gasteiger partial charge in [0.25, 0.3) is 11.8 Å². The van der Waals surface area contributed by atoms with Crippen molar-refractivity contribution in [3.05, 3.63) is 29.3 Å². The normalized spacial score (nSPS) is 24.4. The predicted molar refractivity (Wildman–Crippen MR) is 72.4 cm³/mol. The van der Waals surface area contributed by atoms with Crippen molar-refractivity contribution in [1.29, 1.82) is 0 Å². The van der Waals surface area contributed by atoms with Crippen molar-refractivity contribution in [3.63, 3.8) is 0 Å². The molecule has 1 saturated heterocycles. The smallest absolute Gasteiger partial charge is 0.259 e. The summed E-state index contributed by atoms with van der Waals surface area (Å²) in [6, 6.07) is 4.74. The second-order valence-corrected chi connectivity index (χ2v) is 5.27. The molecule has 2 aliphatic heterocycles. The molecule has 104 valence electrons. The fraction of sp³-hybridized carbons (Fsp3) is 0.357. The third kappa shape index (κ3) is 2.08. The Hall–Kier alpha value is -2.21. The topological polar surface area (TPSA) is 87.3 Å². The SMILES string of the molecule is CC1CNCC1C(=O)Nc1ccc2c(c1)C(=O)NC2=O. The van der Waals surface area contributed by atoms with Gasteiger partial charge in [0.1, 0.15) is 0 Å². The number of hydrogen-bond donors (Lipinski definition) is 3. The Morgan fingerprint density at radius 3 is 2.65 bits per heavy atom. The van der Waals surface area contributed by atoms with E-state index in [1.807, 2.05) is 6.92 Å². The van der Waals surface area contributed by atoms with Crippen LogP contribution in [0, 0.1) is 11.8 Å². The number of rotatable bonds is 2. The molecule has 0 spiro atoms. The molecule has 2 unspecified atom stereocenters. The first-order chi connectivity index (χ1) is 9.56. The van der Waals surface area contributed by atoms with Crippen molar-refractivity contribution in [1.82, 2.24) is 10.6 Å². The number of carbonyl (C=O) groups is 3. The van der Waals surface area contributed by atoms with Gasteiger partial charge in [-0.25, -0.2) is 0 Å². The molecule has 3 N–H and O–H groups in total. The van der Waals surface area contributed by atoms with Crippen LogP contribution in [0.15, 0.2) is 18.2 Å². The van der Waals surface area contributed by atoms with Gasteiger partial charge in [-0.15, -0.1) is 0 Å². The van der Waals surface area contributed by atoms with Crippen LogP contribution >= 0.6 is 0 Å². The Labute approximate surface area is 115 Å². The van der Waals surface area contributed by atoms with Crippen LogP contribution < -0.4 is 16.0 Å². The van der Waals surface area contributed by atoms with Gasteiger partial charge in [-0.1, -0.05) is 6.92 Å². The lowest BCUT2D eigenvalue weighted by molar-refractivity contribution is -0.120. The molecule has 0 aromatic heterocycles. The largest absolute Gasteiger partial charge is 0.326 e. The molecule has 0 bridgehead atoms. The van der Waals surface area contributed by atoms with Crippen molar-refractivity contribution in [3.8, 4) is 0 Å². The lowest BCUT2D eigenvalue weighted by Gasteiger charge is -2.14. The summed E-state index contributed by atoms with van der Waals surface area (Å²) in [5, 5.41) is 8.21. The highest BCUT2D eigenvalue weighted by Crippen LogP contribution is 2.22. The molecule has 3 amide bonds. The Morgan fingerprint density at radius 1 is 1.20 bits per heavy atom. The van der Waals surface area contributed by atoms with Gasteiger partial charge in [0, 0.05) is 12.2 Å². The molecule has 0 saturated carbocycles. The van der Waals surface area contributed by atoms with E-state index < -0.39 is 11.8 Å². The average molecular weight is 273 g/mol. The molecule has 0 aliphatic carbocycles. The second kappa shape index (κ2) is 4.72. The van der Waals surface area contributed by atoms with Gasteiger partial charge in [0.05, 0.1) is 17.0 Å². The van der Waals surface area contributed by atoms with Crippen LogP contribution in [0.5, 0.6) is 0 Å². The summed E-state index contributed by atoms with van der Waals surface area (Å²) < 4.78 is 0. The van der Waals surface area contributed by atoms with E-state index in [1.54, 1.807) is 18.2 Å². The molecular formula is C14H15N3O3. The van der Waals surface area contributed by atoms with Gasteiger partial charge in [0.2, 0.25) is 5.91 Å². The molecule has 1 aromatic rings. The summed E-state index contributed by atoms with van der Waals surface area (Å²) in [7, 11) is 0. The molecule has 6 nitrogen and oxygen atoms in total. The van der Waals surface area contributed by atoms with E-state index in [0.717, 1.165) is 6.54 Å². The monoisotopic (exact) mass is 273 g/mol. The number of anilines is 1. The lowest BCUT2D eigenvalue weighted by Crippen LogP contribution is -2.27. The standard InChI is InChI=1S/C14H15N3O3/c1-7-5-15-6-11(7)14(20)16-8-2-3-9-10(4-8)13(19)17-12(9)18/h2-4,7,11,15H,5-6H2,1H3,(H,16,20)(H,17,18,19). The van der Waals surface area contributed by atoms with E-state index in [0.29, 0.717) is 23.4 Å². The third-order valence-electron chi connectivity index (χ3n) is 3.86. The van der Waals surface area contributed by atoms with Crippen LogP contribution in [0.1, 0.15) is 27.6 Å². The molecule has 1 aromatic carbocycles. The van der Waals surface area contributed by atoms with Crippen molar-refractivity contribution in [2.75, 3.05) is 18.4 Å². The zero-order valence-electron chi connectivity index (χ0n) is 11.0. The molecule has 2 aliphatic rings. The average Bonchev–Trinajstić information content (AvgIpc) is 2.95. The summed E-state index contributed by atoms with van der Waals surface area (Å²) >= 11 is 0. The highest BCUT2D eigenvalue weighted by Gasteiger charge is 2.30. The minimum absolute atomic E-state index is 0.0628. The van der Waals surface area contributed by atoms with Gasteiger partial charge in [-0.05, 0) is 30.7 Å². The summed E-state index contributed by atoms with van der Waals surface area (Å²) in [6.45, 7) is 3.52.